The summed E-state index contributed by atoms with van der Waals surface area (Å²) < 4.78 is 24.0. The fourth-order valence-corrected chi connectivity index (χ4v) is 4.43. The van der Waals surface area contributed by atoms with Gasteiger partial charge in [0.15, 0.2) is 9.84 Å². The number of carboxylic acid groups (broad SMARTS) is 1. The van der Waals surface area contributed by atoms with Gasteiger partial charge in [0.2, 0.25) is 0 Å². The molecule has 114 valence electrons. The molecule has 2 rings (SSSR count). The summed E-state index contributed by atoms with van der Waals surface area (Å²) >= 11 is 3.42. The van der Waals surface area contributed by atoms with E-state index in [4.69, 9.17) is 5.11 Å². The van der Waals surface area contributed by atoms with Crippen LogP contribution in [-0.2, 0) is 14.6 Å². The van der Waals surface area contributed by atoms with E-state index in [0.717, 1.165) is 21.8 Å². The number of aliphatic carboxylic acids is 1. The highest BCUT2D eigenvalue weighted by Crippen LogP contribution is 2.28. The van der Waals surface area contributed by atoms with E-state index in [1.54, 1.807) is 0 Å². The van der Waals surface area contributed by atoms with E-state index < -0.39 is 15.8 Å². The number of halogens is 1. The Kier molecular flexibility index (Phi) is 4.73. The van der Waals surface area contributed by atoms with E-state index in [1.807, 2.05) is 25.1 Å². The van der Waals surface area contributed by atoms with Crippen LogP contribution in [0.3, 0.4) is 0 Å². The number of carboxylic acids is 1. The summed E-state index contributed by atoms with van der Waals surface area (Å²) in [6.07, 6.45) is 2.59. The van der Waals surface area contributed by atoms with Crippen LogP contribution in [-0.4, -0.2) is 43.6 Å². The van der Waals surface area contributed by atoms with Crippen molar-refractivity contribution in [2.24, 2.45) is 0 Å². The molecule has 1 N–H and O–H groups in total. The molecule has 0 bridgehead atoms. The zero-order chi connectivity index (χ0) is 15.6. The molecule has 0 radical (unpaired) electrons. The largest absolute Gasteiger partial charge is 0.478 e. The summed E-state index contributed by atoms with van der Waals surface area (Å²) in [4.78, 5) is 12.6. The van der Waals surface area contributed by atoms with Crippen LogP contribution in [0.5, 0.6) is 0 Å². The number of sulfone groups is 1. The van der Waals surface area contributed by atoms with E-state index in [1.165, 1.54) is 6.08 Å². The fourth-order valence-electron chi connectivity index (χ4n) is 2.37. The standard InChI is InChI=1S/C14H16BrNO4S/c1-10-9-21(19,20)7-6-16(10)12-4-2-11(13(15)8-12)3-5-14(17)18/h2-5,8,10H,6-7,9H2,1H3,(H,17,18)/b5-3+. The number of benzene rings is 1. The topological polar surface area (TPSA) is 74.7 Å². The van der Waals surface area contributed by atoms with Gasteiger partial charge in [0.25, 0.3) is 0 Å². The number of rotatable bonds is 3. The van der Waals surface area contributed by atoms with E-state index in [-0.39, 0.29) is 17.5 Å². The van der Waals surface area contributed by atoms with Gasteiger partial charge in [-0.2, -0.15) is 0 Å². The molecular weight excluding hydrogens is 358 g/mol. The molecule has 1 heterocycles. The Morgan fingerprint density at radius 1 is 1.48 bits per heavy atom. The van der Waals surface area contributed by atoms with Gasteiger partial charge in [0, 0.05) is 28.8 Å². The Morgan fingerprint density at radius 2 is 2.19 bits per heavy atom. The third-order valence-electron chi connectivity index (χ3n) is 3.39. The Labute approximate surface area is 132 Å². The highest BCUT2D eigenvalue weighted by Gasteiger charge is 2.28. The van der Waals surface area contributed by atoms with Crippen molar-refractivity contribution in [3.63, 3.8) is 0 Å². The molecule has 1 aliphatic heterocycles. The van der Waals surface area contributed by atoms with Crippen molar-refractivity contribution in [1.82, 2.24) is 0 Å². The van der Waals surface area contributed by atoms with Gasteiger partial charge in [-0.25, -0.2) is 13.2 Å². The van der Waals surface area contributed by atoms with E-state index >= 15 is 0 Å². The summed E-state index contributed by atoms with van der Waals surface area (Å²) in [7, 11) is -2.94. The Hall–Kier alpha value is -1.34. The van der Waals surface area contributed by atoms with Gasteiger partial charge in [-0.1, -0.05) is 22.0 Å². The number of anilines is 1. The van der Waals surface area contributed by atoms with Crippen molar-refractivity contribution in [2.75, 3.05) is 23.0 Å². The highest BCUT2D eigenvalue weighted by atomic mass is 79.9. The summed E-state index contributed by atoms with van der Waals surface area (Å²) in [5.41, 5.74) is 1.69. The molecule has 1 atom stereocenters. The zero-order valence-corrected chi connectivity index (χ0v) is 13.9. The minimum absolute atomic E-state index is 0.0731. The second-order valence-electron chi connectivity index (χ2n) is 5.03. The summed E-state index contributed by atoms with van der Waals surface area (Å²) in [5, 5.41) is 8.64. The van der Waals surface area contributed by atoms with Crippen molar-refractivity contribution in [2.45, 2.75) is 13.0 Å². The lowest BCUT2D eigenvalue weighted by Gasteiger charge is -2.35. The quantitative estimate of drug-likeness (QED) is 0.821. The van der Waals surface area contributed by atoms with Gasteiger partial charge in [0.1, 0.15) is 0 Å². The van der Waals surface area contributed by atoms with Crippen LogP contribution >= 0.6 is 15.9 Å². The first-order chi connectivity index (χ1) is 9.78. The third kappa shape index (κ3) is 4.07. The predicted molar refractivity (Wildman–Crippen MR) is 86.3 cm³/mol. The molecular formula is C14H16BrNO4S. The van der Waals surface area contributed by atoms with Gasteiger partial charge in [-0.15, -0.1) is 0 Å². The third-order valence-corrected chi connectivity index (χ3v) is 5.87. The SMILES string of the molecule is CC1CS(=O)(=O)CCN1c1ccc(/C=C/C(=O)O)c(Br)c1. The van der Waals surface area contributed by atoms with Gasteiger partial charge in [-0.05, 0) is 30.7 Å². The normalized spacial score (nSPS) is 21.6. The molecule has 1 unspecified atom stereocenters. The summed E-state index contributed by atoms with van der Waals surface area (Å²) in [6, 6.07) is 5.50. The first-order valence-corrected chi connectivity index (χ1v) is 9.07. The van der Waals surface area contributed by atoms with Crippen molar-refractivity contribution in [3.05, 3.63) is 34.3 Å². The molecule has 5 nitrogen and oxygen atoms in total. The minimum Gasteiger partial charge on any atom is -0.478 e. The van der Waals surface area contributed by atoms with Crippen LogP contribution in [0.25, 0.3) is 6.08 Å². The maximum absolute atomic E-state index is 11.6. The van der Waals surface area contributed by atoms with E-state index in [2.05, 4.69) is 20.8 Å². The van der Waals surface area contributed by atoms with Gasteiger partial charge < -0.3 is 10.0 Å². The van der Waals surface area contributed by atoms with Crippen LogP contribution in [0, 0.1) is 0 Å². The van der Waals surface area contributed by atoms with Crippen molar-refractivity contribution < 1.29 is 18.3 Å². The Bertz CT molecular complexity index is 684. The minimum atomic E-state index is -2.94. The molecule has 1 aromatic rings. The Morgan fingerprint density at radius 3 is 2.76 bits per heavy atom. The second-order valence-corrected chi connectivity index (χ2v) is 8.12. The van der Waals surface area contributed by atoms with Crippen molar-refractivity contribution in [1.29, 1.82) is 0 Å². The molecule has 1 fully saturated rings. The second kappa shape index (κ2) is 6.19. The van der Waals surface area contributed by atoms with Gasteiger partial charge in [0.05, 0.1) is 11.5 Å². The lowest BCUT2D eigenvalue weighted by atomic mass is 10.1. The number of hydrogen-bond acceptors (Lipinski definition) is 4. The van der Waals surface area contributed by atoms with E-state index in [9.17, 15) is 13.2 Å². The van der Waals surface area contributed by atoms with Crippen LogP contribution < -0.4 is 4.90 Å². The zero-order valence-electron chi connectivity index (χ0n) is 11.5. The molecule has 1 saturated heterocycles. The van der Waals surface area contributed by atoms with Gasteiger partial charge in [-0.3, -0.25) is 0 Å². The molecule has 0 aliphatic carbocycles. The average molecular weight is 374 g/mol. The smallest absolute Gasteiger partial charge is 0.328 e. The molecule has 0 aromatic heterocycles. The summed E-state index contributed by atoms with van der Waals surface area (Å²) in [5.74, 6) is -0.679. The molecule has 1 aromatic carbocycles. The number of carbonyl (C=O) groups is 1. The first kappa shape index (κ1) is 16.0. The highest BCUT2D eigenvalue weighted by molar-refractivity contribution is 9.10. The molecule has 0 saturated carbocycles. The van der Waals surface area contributed by atoms with Crippen molar-refractivity contribution >= 4 is 43.5 Å². The first-order valence-electron chi connectivity index (χ1n) is 6.46. The van der Waals surface area contributed by atoms with Gasteiger partial charge >= 0.3 is 5.97 Å². The van der Waals surface area contributed by atoms with Crippen LogP contribution in [0.2, 0.25) is 0 Å². The maximum atomic E-state index is 11.6. The lowest BCUT2D eigenvalue weighted by Crippen LogP contribution is -2.47. The number of nitrogens with zero attached hydrogens (tertiary/aromatic N) is 1. The fraction of sp³-hybridized carbons (Fsp3) is 0.357. The Balaban J connectivity index is 2.22. The van der Waals surface area contributed by atoms with Crippen LogP contribution in [0.15, 0.2) is 28.7 Å². The van der Waals surface area contributed by atoms with E-state index in [0.29, 0.717) is 6.54 Å². The molecule has 7 heteroatoms. The number of hydrogen-bond donors (Lipinski definition) is 1. The lowest BCUT2D eigenvalue weighted by molar-refractivity contribution is -0.131. The van der Waals surface area contributed by atoms with Crippen LogP contribution in [0.1, 0.15) is 12.5 Å². The average Bonchev–Trinajstić information content (AvgIpc) is 2.36. The summed E-state index contributed by atoms with van der Waals surface area (Å²) in [6.45, 7) is 2.36. The van der Waals surface area contributed by atoms with Crippen LogP contribution in [0.4, 0.5) is 5.69 Å². The van der Waals surface area contributed by atoms with Crippen molar-refractivity contribution in [3.8, 4) is 0 Å². The monoisotopic (exact) mass is 373 g/mol. The predicted octanol–water partition coefficient (Wildman–Crippen LogP) is 2.17. The molecule has 21 heavy (non-hydrogen) atoms. The molecule has 0 amide bonds. The molecule has 0 spiro atoms. The maximum Gasteiger partial charge on any atom is 0.328 e. The molecule has 1 aliphatic rings.